The molecular formula is C17H27N3O. The smallest absolute Gasteiger partial charge is 0.236 e. The number of carbonyl (C=O) groups is 1. The minimum atomic E-state index is -0.411. The summed E-state index contributed by atoms with van der Waals surface area (Å²) in [5.41, 5.74) is 7.22. The third-order valence-electron chi connectivity index (χ3n) is 4.21. The first-order chi connectivity index (χ1) is 10.1. The van der Waals surface area contributed by atoms with Gasteiger partial charge in [0.2, 0.25) is 5.91 Å². The van der Waals surface area contributed by atoms with Crippen LogP contribution in [0.5, 0.6) is 0 Å². The molecule has 0 radical (unpaired) electrons. The van der Waals surface area contributed by atoms with Crippen LogP contribution in [-0.4, -0.2) is 43.5 Å². The zero-order chi connectivity index (χ0) is 15.1. The molecular weight excluding hydrogens is 262 g/mol. The maximum absolute atomic E-state index is 12.0. The van der Waals surface area contributed by atoms with Gasteiger partial charge >= 0.3 is 0 Å². The van der Waals surface area contributed by atoms with Gasteiger partial charge in [0, 0.05) is 13.1 Å². The van der Waals surface area contributed by atoms with E-state index < -0.39 is 6.04 Å². The summed E-state index contributed by atoms with van der Waals surface area (Å²) in [7, 11) is 2.14. The third kappa shape index (κ3) is 5.48. The second kappa shape index (κ2) is 8.15. The highest BCUT2D eigenvalue weighted by molar-refractivity contribution is 5.81. The number of nitrogens with zero attached hydrogens (tertiary/aromatic N) is 1. The Morgan fingerprint density at radius 2 is 2.19 bits per heavy atom. The summed E-state index contributed by atoms with van der Waals surface area (Å²) in [6.45, 7) is 2.99. The first-order valence-corrected chi connectivity index (χ1v) is 7.91. The molecule has 4 heteroatoms. The second-order valence-corrected chi connectivity index (χ2v) is 6.15. The van der Waals surface area contributed by atoms with Crippen LogP contribution in [0, 0.1) is 5.92 Å². The summed E-state index contributed by atoms with van der Waals surface area (Å²) in [4.78, 5) is 14.4. The fourth-order valence-corrected chi connectivity index (χ4v) is 2.91. The summed E-state index contributed by atoms with van der Waals surface area (Å²) in [6, 6.07) is 9.76. The molecule has 1 amide bonds. The van der Waals surface area contributed by atoms with Crippen LogP contribution in [0.3, 0.4) is 0 Å². The molecule has 1 aliphatic heterocycles. The number of amides is 1. The Kier molecular flexibility index (Phi) is 6.21. The average molecular weight is 289 g/mol. The van der Waals surface area contributed by atoms with Gasteiger partial charge in [0.15, 0.2) is 0 Å². The molecule has 116 valence electrons. The van der Waals surface area contributed by atoms with Crippen LogP contribution in [0.25, 0.3) is 0 Å². The van der Waals surface area contributed by atoms with Crippen molar-refractivity contribution in [3.63, 3.8) is 0 Å². The number of benzene rings is 1. The van der Waals surface area contributed by atoms with E-state index in [0.29, 0.717) is 12.3 Å². The van der Waals surface area contributed by atoms with Crippen molar-refractivity contribution in [1.82, 2.24) is 10.2 Å². The average Bonchev–Trinajstić information content (AvgIpc) is 2.51. The first-order valence-electron chi connectivity index (χ1n) is 7.91. The molecule has 1 aromatic rings. The SMILES string of the molecule is CN1CCCC(CNC(=O)[C@@H](N)CCc2ccccc2)C1. The predicted molar refractivity (Wildman–Crippen MR) is 86.0 cm³/mol. The van der Waals surface area contributed by atoms with Crippen LogP contribution in [0.4, 0.5) is 0 Å². The molecule has 0 bridgehead atoms. The van der Waals surface area contributed by atoms with E-state index >= 15 is 0 Å². The van der Waals surface area contributed by atoms with Gasteiger partial charge in [0.05, 0.1) is 6.04 Å². The van der Waals surface area contributed by atoms with Gasteiger partial charge in [-0.05, 0) is 50.8 Å². The Morgan fingerprint density at radius 1 is 1.43 bits per heavy atom. The molecule has 1 heterocycles. The van der Waals surface area contributed by atoms with Crippen molar-refractivity contribution in [3.8, 4) is 0 Å². The minimum Gasteiger partial charge on any atom is -0.354 e. The van der Waals surface area contributed by atoms with Gasteiger partial charge in [-0.2, -0.15) is 0 Å². The first kappa shape index (κ1) is 16.0. The monoisotopic (exact) mass is 289 g/mol. The lowest BCUT2D eigenvalue weighted by atomic mass is 9.98. The lowest BCUT2D eigenvalue weighted by Gasteiger charge is -2.30. The number of aryl methyl sites for hydroxylation is 1. The number of nitrogens with one attached hydrogen (secondary N) is 1. The lowest BCUT2D eigenvalue weighted by Crippen LogP contribution is -2.45. The number of hydrogen-bond acceptors (Lipinski definition) is 3. The fourth-order valence-electron chi connectivity index (χ4n) is 2.91. The van der Waals surface area contributed by atoms with Gasteiger partial charge in [-0.1, -0.05) is 30.3 Å². The number of likely N-dealkylation sites (tertiary alicyclic amines) is 1. The molecule has 4 nitrogen and oxygen atoms in total. The van der Waals surface area contributed by atoms with E-state index in [-0.39, 0.29) is 5.91 Å². The number of carbonyl (C=O) groups excluding carboxylic acids is 1. The molecule has 1 saturated heterocycles. The van der Waals surface area contributed by atoms with Crippen LogP contribution in [0.2, 0.25) is 0 Å². The van der Waals surface area contributed by atoms with Crippen molar-refractivity contribution < 1.29 is 4.79 Å². The highest BCUT2D eigenvalue weighted by atomic mass is 16.2. The van der Waals surface area contributed by atoms with Gasteiger partial charge in [0.25, 0.3) is 0 Å². The van der Waals surface area contributed by atoms with E-state index in [4.69, 9.17) is 5.73 Å². The van der Waals surface area contributed by atoms with Crippen LogP contribution in [0.15, 0.2) is 30.3 Å². The molecule has 2 atom stereocenters. The van der Waals surface area contributed by atoms with Crippen LogP contribution >= 0.6 is 0 Å². The summed E-state index contributed by atoms with van der Waals surface area (Å²) in [5, 5.41) is 3.02. The van der Waals surface area contributed by atoms with E-state index in [9.17, 15) is 4.79 Å². The van der Waals surface area contributed by atoms with Gasteiger partial charge in [-0.15, -0.1) is 0 Å². The highest BCUT2D eigenvalue weighted by Gasteiger charge is 2.19. The third-order valence-corrected chi connectivity index (χ3v) is 4.21. The highest BCUT2D eigenvalue weighted by Crippen LogP contribution is 2.14. The number of rotatable bonds is 6. The summed E-state index contributed by atoms with van der Waals surface area (Å²) in [6.07, 6.45) is 3.96. The maximum atomic E-state index is 12.0. The standard InChI is InChI=1S/C17H27N3O/c1-20-11-5-8-15(13-20)12-19-17(21)16(18)10-9-14-6-3-2-4-7-14/h2-4,6-7,15-16H,5,8-13,18H2,1H3,(H,19,21)/t15?,16-/m0/s1. The van der Waals surface area contributed by atoms with Crippen molar-refractivity contribution in [1.29, 1.82) is 0 Å². The quantitative estimate of drug-likeness (QED) is 0.832. The van der Waals surface area contributed by atoms with Crippen molar-refractivity contribution in [2.75, 3.05) is 26.7 Å². The molecule has 1 unspecified atom stereocenters. The fraction of sp³-hybridized carbons (Fsp3) is 0.588. The molecule has 1 aliphatic rings. The molecule has 1 aromatic carbocycles. The zero-order valence-electron chi connectivity index (χ0n) is 12.9. The topological polar surface area (TPSA) is 58.4 Å². The molecule has 21 heavy (non-hydrogen) atoms. The molecule has 0 saturated carbocycles. The summed E-state index contributed by atoms with van der Waals surface area (Å²) < 4.78 is 0. The Morgan fingerprint density at radius 3 is 2.90 bits per heavy atom. The largest absolute Gasteiger partial charge is 0.354 e. The molecule has 2 rings (SSSR count). The Bertz CT molecular complexity index is 435. The van der Waals surface area contributed by atoms with Crippen LogP contribution in [0.1, 0.15) is 24.8 Å². The van der Waals surface area contributed by atoms with Crippen molar-refractivity contribution in [3.05, 3.63) is 35.9 Å². The minimum absolute atomic E-state index is 0.0147. The summed E-state index contributed by atoms with van der Waals surface area (Å²) in [5.74, 6) is 0.549. The van der Waals surface area contributed by atoms with Gasteiger partial charge in [-0.25, -0.2) is 0 Å². The maximum Gasteiger partial charge on any atom is 0.236 e. The molecule has 0 aliphatic carbocycles. The molecule has 3 N–H and O–H groups in total. The Balaban J connectivity index is 1.67. The predicted octanol–water partition coefficient (Wildman–Crippen LogP) is 1.40. The van der Waals surface area contributed by atoms with Gasteiger partial charge in [0.1, 0.15) is 0 Å². The van der Waals surface area contributed by atoms with E-state index in [1.54, 1.807) is 0 Å². The van der Waals surface area contributed by atoms with Crippen LogP contribution in [-0.2, 0) is 11.2 Å². The van der Waals surface area contributed by atoms with E-state index in [0.717, 1.165) is 19.5 Å². The van der Waals surface area contributed by atoms with E-state index in [1.807, 2.05) is 18.2 Å². The zero-order valence-corrected chi connectivity index (χ0v) is 12.9. The second-order valence-electron chi connectivity index (χ2n) is 6.15. The van der Waals surface area contributed by atoms with Crippen molar-refractivity contribution >= 4 is 5.91 Å². The number of hydrogen-bond donors (Lipinski definition) is 2. The van der Waals surface area contributed by atoms with E-state index in [1.165, 1.54) is 24.9 Å². The Labute approximate surface area is 127 Å². The number of nitrogens with two attached hydrogens (primary N) is 1. The number of piperidine rings is 1. The van der Waals surface area contributed by atoms with Crippen molar-refractivity contribution in [2.24, 2.45) is 11.7 Å². The summed E-state index contributed by atoms with van der Waals surface area (Å²) >= 11 is 0. The van der Waals surface area contributed by atoms with Crippen LogP contribution < -0.4 is 11.1 Å². The lowest BCUT2D eigenvalue weighted by molar-refractivity contribution is -0.122. The van der Waals surface area contributed by atoms with Gasteiger partial charge in [-0.3, -0.25) is 4.79 Å². The molecule has 0 spiro atoms. The molecule has 1 fully saturated rings. The van der Waals surface area contributed by atoms with Gasteiger partial charge < -0.3 is 16.0 Å². The van der Waals surface area contributed by atoms with Crippen molar-refractivity contribution in [2.45, 2.75) is 31.7 Å². The normalized spacial score (nSPS) is 21.0. The molecule has 0 aromatic heterocycles. The Hall–Kier alpha value is -1.39. The van der Waals surface area contributed by atoms with E-state index in [2.05, 4.69) is 29.4 Å².